The first kappa shape index (κ1) is 15.9. The van der Waals surface area contributed by atoms with Gasteiger partial charge in [-0.05, 0) is 30.5 Å². The quantitative estimate of drug-likeness (QED) is 0.911. The van der Waals surface area contributed by atoms with E-state index in [1.165, 1.54) is 0 Å². The number of amides is 1. The van der Waals surface area contributed by atoms with E-state index in [9.17, 15) is 9.59 Å². The van der Waals surface area contributed by atoms with Crippen LogP contribution in [-0.4, -0.2) is 48.2 Å². The van der Waals surface area contributed by atoms with E-state index in [1.807, 2.05) is 0 Å². The maximum absolute atomic E-state index is 12.4. The van der Waals surface area contributed by atoms with Crippen LogP contribution in [0.25, 0.3) is 0 Å². The Morgan fingerprint density at radius 1 is 1.30 bits per heavy atom. The van der Waals surface area contributed by atoms with Crippen molar-refractivity contribution in [3.05, 3.63) is 22.7 Å². The van der Waals surface area contributed by atoms with Gasteiger partial charge in [-0.3, -0.25) is 9.59 Å². The Kier molecular flexibility index (Phi) is 4.61. The van der Waals surface area contributed by atoms with Crippen LogP contribution in [0.3, 0.4) is 0 Å². The summed E-state index contributed by atoms with van der Waals surface area (Å²) in [6, 6.07) is 3.46. The minimum Gasteiger partial charge on any atom is -0.486 e. The SMILES string of the molecule is O=C(O)C1CCCN(C(=O)Cc2cc(Cl)c3c(c2)OCCO3)C1. The maximum atomic E-state index is 12.4. The lowest BCUT2D eigenvalue weighted by molar-refractivity contribution is -0.145. The number of carboxylic acids is 1. The van der Waals surface area contributed by atoms with E-state index >= 15 is 0 Å². The molecule has 1 amide bonds. The van der Waals surface area contributed by atoms with Crippen LogP contribution in [0, 0.1) is 5.92 Å². The van der Waals surface area contributed by atoms with Crippen LogP contribution >= 0.6 is 11.6 Å². The Balaban J connectivity index is 1.70. The third-order valence-corrected chi connectivity index (χ3v) is 4.42. The summed E-state index contributed by atoms with van der Waals surface area (Å²) >= 11 is 6.17. The molecule has 1 fully saturated rings. The van der Waals surface area contributed by atoms with Crippen molar-refractivity contribution in [3.8, 4) is 11.5 Å². The second-order valence-electron chi connectivity index (χ2n) is 5.80. The monoisotopic (exact) mass is 339 g/mol. The first-order valence-electron chi connectivity index (χ1n) is 7.63. The van der Waals surface area contributed by atoms with Crippen LogP contribution in [0.2, 0.25) is 5.02 Å². The number of piperidine rings is 1. The highest BCUT2D eigenvalue weighted by molar-refractivity contribution is 6.32. The summed E-state index contributed by atoms with van der Waals surface area (Å²) in [7, 11) is 0. The number of nitrogens with zero attached hydrogens (tertiary/aromatic N) is 1. The number of ether oxygens (including phenoxy) is 2. The number of hydrogen-bond acceptors (Lipinski definition) is 4. The highest BCUT2D eigenvalue weighted by atomic mass is 35.5. The molecular weight excluding hydrogens is 322 g/mol. The van der Waals surface area contributed by atoms with Gasteiger partial charge in [0.2, 0.25) is 5.91 Å². The van der Waals surface area contributed by atoms with E-state index < -0.39 is 11.9 Å². The molecule has 1 N–H and O–H groups in total. The summed E-state index contributed by atoms with van der Waals surface area (Å²) in [6.45, 7) is 1.77. The highest BCUT2D eigenvalue weighted by Crippen LogP contribution is 2.38. The van der Waals surface area contributed by atoms with Gasteiger partial charge >= 0.3 is 5.97 Å². The molecule has 1 unspecified atom stereocenters. The first-order chi connectivity index (χ1) is 11.0. The average molecular weight is 340 g/mol. The molecule has 1 aromatic rings. The molecule has 0 bridgehead atoms. The summed E-state index contributed by atoms with van der Waals surface area (Å²) in [4.78, 5) is 25.2. The third kappa shape index (κ3) is 3.52. The summed E-state index contributed by atoms with van der Waals surface area (Å²) in [5, 5.41) is 9.53. The van der Waals surface area contributed by atoms with Gasteiger partial charge in [0, 0.05) is 13.1 Å². The van der Waals surface area contributed by atoms with Crippen molar-refractivity contribution in [2.75, 3.05) is 26.3 Å². The predicted octanol–water partition coefficient (Wildman–Crippen LogP) is 1.98. The molecule has 124 valence electrons. The number of benzene rings is 1. The van der Waals surface area contributed by atoms with E-state index in [0.29, 0.717) is 49.1 Å². The van der Waals surface area contributed by atoms with Crippen LogP contribution in [0.4, 0.5) is 0 Å². The van der Waals surface area contributed by atoms with Gasteiger partial charge in [-0.2, -0.15) is 0 Å². The first-order valence-corrected chi connectivity index (χ1v) is 8.01. The summed E-state index contributed by atoms with van der Waals surface area (Å²) in [6.07, 6.45) is 1.50. The Bertz CT molecular complexity index is 633. The number of rotatable bonds is 3. The van der Waals surface area contributed by atoms with Gasteiger partial charge in [-0.1, -0.05) is 11.6 Å². The van der Waals surface area contributed by atoms with Crippen LogP contribution in [0.5, 0.6) is 11.5 Å². The van der Waals surface area contributed by atoms with Gasteiger partial charge in [-0.15, -0.1) is 0 Å². The summed E-state index contributed by atoms with van der Waals surface area (Å²) in [5.74, 6) is -0.350. The van der Waals surface area contributed by atoms with Crippen LogP contribution in [-0.2, 0) is 16.0 Å². The van der Waals surface area contributed by atoms with E-state index in [4.69, 9.17) is 26.2 Å². The molecule has 2 heterocycles. The Hall–Kier alpha value is -1.95. The van der Waals surface area contributed by atoms with E-state index in [2.05, 4.69) is 0 Å². The largest absolute Gasteiger partial charge is 0.486 e. The molecule has 0 saturated carbocycles. The molecule has 0 radical (unpaired) electrons. The normalized spacial score (nSPS) is 20.2. The van der Waals surface area contributed by atoms with Gasteiger partial charge in [0.25, 0.3) is 0 Å². The number of halogens is 1. The maximum Gasteiger partial charge on any atom is 0.308 e. The Morgan fingerprint density at radius 2 is 2.09 bits per heavy atom. The molecule has 1 saturated heterocycles. The van der Waals surface area contributed by atoms with Gasteiger partial charge in [0.05, 0.1) is 17.4 Å². The number of carbonyl (C=O) groups is 2. The number of hydrogen-bond donors (Lipinski definition) is 1. The molecule has 2 aliphatic rings. The van der Waals surface area contributed by atoms with Crippen molar-refractivity contribution in [2.45, 2.75) is 19.3 Å². The fourth-order valence-electron chi connectivity index (χ4n) is 2.96. The number of carboxylic acid groups (broad SMARTS) is 1. The van der Waals surface area contributed by atoms with Gasteiger partial charge < -0.3 is 19.5 Å². The highest BCUT2D eigenvalue weighted by Gasteiger charge is 2.28. The number of likely N-dealkylation sites (tertiary alicyclic amines) is 1. The summed E-state index contributed by atoms with van der Waals surface area (Å²) < 4.78 is 11.0. The zero-order valence-corrected chi connectivity index (χ0v) is 13.3. The molecule has 1 atom stereocenters. The Morgan fingerprint density at radius 3 is 2.87 bits per heavy atom. The fourth-order valence-corrected chi connectivity index (χ4v) is 3.25. The molecule has 1 aromatic carbocycles. The van der Waals surface area contributed by atoms with Crippen LogP contribution in [0.15, 0.2) is 12.1 Å². The van der Waals surface area contributed by atoms with E-state index in [1.54, 1.807) is 17.0 Å². The van der Waals surface area contributed by atoms with Crippen molar-refractivity contribution in [1.82, 2.24) is 4.90 Å². The lowest BCUT2D eigenvalue weighted by Crippen LogP contribution is -2.43. The molecule has 23 heavy (non-hydrogen) atoms. The number of aliphatic carboxylic acids is 1. The zero-order valence-electron chi connectivity index (χ0n) is 12.6. The molecular formula is C16H18ClNO5. The summed E-state index contributed by atoms with van der Waals surface area (Å²) in [5.41, 5.74) is 0.738. The fraction of sp³-hybridized carbons (Fsp3) is 0.500. The molecule has 0 aromatic heterocycles. The lowest BCUT2D eigenvalue weighted by atomic mass is 9.97. The minimum atomic E-state index is -0.843. The molecule has 7 heteroatoms. The minimum absolute atomic E-state index is 0.0938. The second kappa shape index (κ2) is 6.66. The molecule has 2 aliphatic heterocycles. The van der Waals surface area contributed by atoms with Crippen LogP contribution < -0.4 is 9.47 Å². The predicted molar refractivity (Wildman–Crippen MR) is 83.1 cm³/mol. The smallest absolute Gasteiger partial charge is 0.308 e. The third-order valence-electron chi connectivity index (χ3n) is 4.14. The van der Waals surface area contributed by atoms with Gasteiger partial charge in [0.1, 0.15) is 13.2 Å². The molecule has 0 aliphatic carbocycles. The lowest BCUT2D eigenvalue weighted by Gasteiger charge is -2.31. The van der Waals surface area contributed by atoms with Crippen molar-refractivity contribution < 1.29 is 24.2 Å². The average Bonchev–Trinajstić information content (AvgIpc) is 2.55. The molecule has 0 spiro atoms. The standard InChI is InChI=1S/C16H18ClNO5/c17-12-6-10(7-13-15(12)23-5-4-22-13)8-14(19)18-3-1-2-11(9-18)16(20)21/h6-7,11H,1-5,8-9H2,(H,20,21). The molecule has 3 rings (SSSR count). The van der Waals surface area contributed by atoms with Crippen molar-refractivity contribution in [1.29, 1.82) is 0 Å². The topological polar surface area (TPSA) is 76.1 Å². The van der Waals surface area contributed by atoms with Crippen molar-refractivity contribution in [3.63, 3.8) is 0 Å². The van der Waals surface area contributed by atoms with Crippen LogP contribution in [0.1, 0.15) is 18.4 Å². The van der Waals surface area contributed by atoms with E-state index in [0.717, 1.165) is 5.56 Å². The number of fused-ring (bicyclic) bond motifs is 1. The van der Waals surface area contributed by atoms with Gasteiger partial charge in [-0.25, -0.2) is 0 Å². The van der Waals surface area contributed by atoms with Gasteiger partial charge in [0.15, 0.2) is 11.5 Å². The Labute approximate surface area is 138 Å². The number of carbonyl (C=O) groups excluding carboxylic acids is 1. The van der Waals surface area contributed by atoms with Crippen molar-refractivity contribution >= 4 is 23.5 Å². The molecule has 6 nitrogen and oxygen atoms in total. The van der Waals surface area contributed by atoms with Crippen molar-refractivity contribution in [2.24, 2.45) is 5.92 Å². The van der Waals surface area contributed by atoms with E-state index in [-0.39, 0.29) is 18.9 Å². The zero-order chi connectivity index (χ0) is 16.4. The second-order valence-corrected chi connectivity index (χ2v) is 6.20.